The summed E-state index contributed by atoms with van der Waals surface area (Å²) in [7, 11) is 0. The van der Waals surface area contributed by atoms with E-state index in [2.05, 4.69) is 15.9 Å². The van der Waals surface area contributed by atoms with Crippen LogP contribution >= 0.6 is 28.3 Å². The van der Waals surface area contributed by atoms with Gasteiger partial charge in [-0.15, -0.1) is 12.4 Å². The molecule has 1 rings (SSSR count). The topological polar surface area (TPSA) is 110 Å². The molecular formula is C9H12BrClN2O4. The van der Waals surface area contributed by atoms with Crippen molar-refractivity contribution in [2.24, 2.45) is 5.73 Å². The third-order valence-corrected chi connectivity index (χ3v) is 2.58. The first-order valence-corrected chi connectivity index (χ1v) is 5.30. The molecule has 0 saturated carbocycles. The molecule has 0 aromatic heterocycles. The SMILES string of the molecule is Cl.N[C@@H](CCO)c1cc(Br)cc([N+](=O)[O-])c1O. The van der Waals surface area contributed by atoms with Crippen molar-refractivity contribution >= 4 is 34.0 Å². The average molecular weight is 328 g/mol. The lowest BCUT2D eigenvalue weighted by Gasteiger charge is -2.12. The number of hydrogen-bond donors (Lipinski definition) is 3. The number of phenolic OH excluding ortho intramolecular Hbond substituents is 1. The van der Waals surface area contributed by atoms with E-state index < -0.39 is 22.4 Å². The molecule has 0 fully saturated rings. The molecule has 0 spiro atoms. The molecule has 0 aliphatic carbocycles. The molecule has 1 aromatic rings. The van der Waals surface area contributed by atoms with Gasteiger partial charge in [-0.1, -0.05) is 15.9 Å². The number of aromatic hydroxyl groups is 1. The summed E-state index contributed by atoms with van der Waals surface area (Å²) >= 11 is 3.10. The van der Waals surface area contributed by atoms with E-state index in [1.54, 1.807) is 0 Å². The van der Waals surface area contributed by atoms with Crippen LogP contribution in [-0.4, -0.2) is 21.7 Å². The standard InChI is InChI=1S/C9H11BrN2O4.ClH/c10-5-3-6(7(11)1-2-13)9(14)8(4-5)12(15)16;/h3-4,7,13-14H,1-2,11H2;1H/t7-;/m0./s1. The highest BCUT2D eigenvalue weighted by molar-refractivity contribution is 9.10. The summed E-state index contributed by atoms with van der Waals surface area (Å²) in [5.74, 6) is -0.450. The first-order chi connectivity index (χ1) is 7.47. The highest BCUT2D eigenvalue weighted by Gasteiger charge is 2.21. The molecule has 4 N–H and O–H groups in total. The molecule has 0 amide bonds. The maximum atomic E-state index is 10.6. The number of rotatable bonds is 4. The minimum absolute atomic E-state index is 0. The number of nitro groups is 1. The number of phenols is 1. The van der Waals surface area contributed by atoms with E-state index in [1.165, 1.54) is 12.1 Å². The quantitative estimate of drug-likeness (QED) is 0.577. The summed E-state index contributed by atoms with van der Waals surface area (Å²) in [4.78, 5) is 9.96. The van der Waals surface area contributed by atoms with Crippen molar-refractivity contribution < 1.29 is 15.1 Å². The number of aliphatic hydroxyl groups is 1. The summed E-state index contributed by atoms with van der Waals surface area (Å²) in [6.45, 7) is -0.152. The number of nitrogens with zero attached hydrogens (tertiary/aromatic N) is 1. The fourth-order valence-corrected chi connectivity index (χ4v) is 1.79. The first-order valence-electron chi connectivity index (χ1n) is 4.50. The second kappa shape index (κ2) is 6.75. The summed E-state index contributed by atoms with van der Waals surface area (Å²) < 4.78 is 0.459. The zero-order valence-electron chi connectivity index (χ0n) is 8.67. The van der Waals surface area contributed by atoms with Gasteiger partial charge in [0.2, 0.25) is 0 Å². The van der Waals surface area contributed by atoms with E-state index in [0.29, 0.717) is 4.47 Å². The monoisotopic (exact) mass is 326 g/mol. The number of halogens is 2. The smallest absolute Gasteiger partial charge is 0.312 e. The minimum atomic E-state index is -0.685. The van der Waals surface area contributed by atoms with Gasteiger partial charge in [0.25, 0.3) is 0 Å². The molecule has 0 aliphatic rings. The lowest BCUT2D eigenvalue weighted by molar-refractivity contribution is -0.386. The lowest BCUT2D eigenvalue weighted by atomic mass is 10.0. The number of benzene rings is 1. The van der Waals surface area contributed by atoms with Crippen LogP contribution < -0.4 is 5.73 Å². The van der Waals surface area contributed by atoms with Crippen LogP contribution in [0.2, 0.25) is 0 Å². The maximum Gasteiger partial charge on any atom is 0.312 e. The molecule has 0 heterocycles. The van der Waals surface area contributed by atoms with Crippen molar-refractivity contribution in [3.63, 3.8) is 0 Å². The average Bonchev–Trinajstić information content (AvgIpc) is 2.20. The molecule has 0 aliphatic heterocycles. The molecule has 1 atom stereocenters. The van der Waals surface area contributed by atoms with Crippen molar-refractivity contribution in [2.45, 2.75) is 12.5 Å². The van der Waals surface area contributed by atoms with Crippen LogP contribution in [0.25, 0.3) is 0 Å². The largest absolute Gasteiger partial charge is 0.502 e. The van der Waals surface area contributed by atoms with Crippen LogP contribution in [0.15, 0.2) is 16.6 Å². The van der Waals surface area contributed by atoms with E-state index in [1.807, 2.05) is 0 Å². The van der Waals surface area contributed by atoms with Gasteiger partial charge in [0, 0.05) is 28.8 Å². The highest BCUT2D eigenvalue weighted by Crippen LogP contribution is 2.36. The van der Waals surface area contributed by atoms with Crippen LogP contribution in [0.3, 0.4) is 0 Å². The van der Waals surface area contributed by atoms with Gasteiger partial charge in [-0.25, -0.2) is 0 Å². The second-order valence-corrected chi connectivity index (χ2v) is 4.15. The summed E-state index contributed by atoms with van der Waals surface area (Å²) in [5.41, 5.74) is 5.52. The molecule has 8 heteroatoms. The van der Waals surface area contributed by atoms with E-state index in [0.717, 1.165) is 0 Å². The Labute approximate surface area is 112 Å². The molecule has 1 aromatic carbocycles. The predicted molar refractivity (Wildman–Crippen MR) is 68.3 cm³/mol. The van der Waals surface area contributed by atoms with E-state index in [9.17, 15) is 15.2 Å². The fourth-order valence-electron chi connectivity index (χ4n) is 1.32. The predicted octanol–water partition coefficient (Wildman–Crippen LogP) is 1.87. The van der Waals surface area contributed by atoms with Crippen LogP contribution in [-0.2, 0) is 0 Å². The zero-order chi connectivity index (χ0) is 12.3. The van der Waals surface area contributed by atoms with Crippen molar-refractivity contribution in [3.8, 4) is 5.75 Å². The van der Waals surface area contributed by atoms with Gasteiger partial charge >= 0.3 is 5.69 Å². The Kier molecular flexibility index (Phi) is 6.40. The van der Waals surface area contributed by atoms with E-state index in [-0.39, 0.29) is 31.0 Å². The third-order valence-electron chi connectivity index (χ3n) is 2.12. The maximum absolute atomic E-state index is 10.6. The Balaban J connectivity index is 0.00000256. The molecule has 0 saturated heterocycles. The van der Waals surface area contributed by atoms with Crippen LogP contribution in [0.1, 0.15) is 18.0 Å². The fraction of sp³-hybridized carbons (Fsp3) is 0.333. The van der Waals surface area contributed by atoms with Gasteiger partial charge < -0.3 is 15.9 Å². The molecule has 17 heavy (non-hydrogen) atoms. The van der Waals surface area contributed by atoms with Gasteiger partial charge in [0.15, 0.2) is 5.75 Å². The van der Waals surface area contributed by atoms with E-state index >= 15 is 0 Å². The molecule has 0 bridgehead atoms. The second-order valence-electron chi connectivity index (χ2n) is 3.24. The Hall–Kier alpha value is -0.890. The van der Waals surface area contributed by atoms with Crippen molar-refractivity contribution in [2.75, 3.05) is 6.61 Å². The molecular weight excluding hydrogens is 315 g/mol. The van der Waals surface area contributed by atoms with Crippen LogP contribution in [0, 0.1) is 10.1 Å². The zero-order valence-corrected chi connectivity index (χ0v) is 11.1. The van der Waals surface area contributed by atoms with Gasteiger partial charge in [-0.3, -0.25) is 10.1 Å². The summed E-state index contributed by atoms with van der Waals surface area (Å²) in [6, 6.07) is 2.06. The molecule has 96 valence electrons. The first kappa shape index (κ1) is 16.1. The van der Waals surface area contributed by atoms with Crippen LogP contribution in [0.5, 0.6) is 5.75 Å². The number of aliphatic hydroxyl groups excluding tert-OH is 1. The minimum Gasteiger partial charge on any atom is -0.502 e. The Morgan fingerprint density at radius 3 is 2.59 bits per heavy atom. The third kappa shape index (κ3) is 3.81. The Morgan fingerprint density at radius 2 is 2.12 bits per heavy atom. The number of hydrogen-bond acceptors (Lipinski definition) is 5. The summed E-state index contributed by atoms with van der Waals surface area (Å²) in [5, 5.41) is 29.0. The molecule has 6 nitrogen and oxygen atoms in total. The van der Waals surface area contributed by atoms with Gasteiger partial charge in [0.05, 0.1) is 4.92 Å². The van der Waals surface area contributed by atoms with Crippen molar-refractivity contribution in [3.05, 3.63) is 32.3 Å². The van der Waals surface area contributed by atoms with Crippen LogP contribution in [0.4, 0.5) is 5.69 Å². The Morgan fingerprint density at radius 1 is 1.53 bits per heavy atom. The van der Waals surface area contributed by atoms with E-state index in [4.69, 9.17) is 10.8 Å². The van der Waals surface area contributed by atoms with Gasteiger partial charge in [-0.2, -0.15) is 0 Å². The highest BCUT2D eigenvalue weighted by atomic mass is 79.9. The molecule has 0 unspecified atom stereocenters. The normalized spacial score (nSPS) is 11.7. The van der Waals surface area contributed by atoms with Gasteiger partial charge in [-0.05, 0) is 12.5 Å². The number of nitrogens with two attached hydrogens (primary N) is 1. The van der Waals surface area contributed by atoms with Crippen molar-refractivity contribution in [1.29, 1.82) is 0 Å². The molecule has 0 radical (unpaired) electrons. The lowest BCUT2D eigenvalue weighted by Crippen LogP contribution is -2.12. The Bertz CT molecular complexity index is 416. The number of nitro benzene ring substituents is 1. The van der Waals surface area contributed by atoms with Crippen molar-refractivity contribution in [1.82, 2.24) is 0 Å². The van der Waals surface area contributed by atoms with Gasteiger partial charge in [0.1, 0.15) is 0 Å². The summed E-state index contributed by atoms with van der Waals surface area (Å²) in [6.07, 6.45) is 0.223.